The van der Waals surface area contributed by atoms with Gasteiger partial charge in [0.15, 0.2) is 5.43 Å². The Morgan fingerprint density at radius 2 is 1.88 bits per heavy atom. The van der Waals surface area contributed by atoms with Crippen LogP contribution in [-0.2, 0) is 0 Å². The fourth-order valence-corrected chi connectivity index (χ4v) is 4.28. The van der Waals surface area contributed by atoms with Crippen molar-refractivity contribution in [3.63, 3.8) is 0 Å². The van der Waals surface area contributed by atoms with E-state index in [-0.39, 0.29) is 22.3 Å². The van der Waals surface area contributed by atoms with Crippen molar-refractivity contribution in [3.05, 3.63) is 105 Å². The molecule has 160 valence electrons. The minimum atomic E-state index is -0.791. The van der Waals surface area contributed by atoms with Crippen molar-refractivity contribution in [2.45, 2.75) is 13.0 Å². The number of halogens is 2. The Bertz CT molecular complexity index is 1430. The number of fused-ring (bicyclic) bond motifs is 2. The van der Waals surface area contributed by atoms with E-state index in [1.807, 2.05) is 13.0 Å². The predicted molar refractivity (Wildman–Crippen MR) is 120 cm³/mol. The minimum absolute atomic E-state index is 0.0686. The average Bonchev–Trinajstić information content (AvgIpc) is 3.07. The van der Waals surface area contributed by atoms with Gasteiger partial charge in [-0.3, -0.25) is 14.5 Å². The molecule has 0 N–H and O–H groups in total. The zero-order valence-electron chi connectivity index (χ0n) is 17.0. The molecule has 1 aromatic heterocycles. The van der Waals surface area contributed by atoms with Gasteiger partial charge in [-0.2, -0.15) is 0 Å². The highest BCUT2D eigenvalue weighted by atomic mass is 35.5. The van der Waals surface area contributed by atoms with E-state index < -0.39 is 23.2 Å². The second kappa shape index (κ2) is 7.80. The lowest BCUT2D eigenvalue weighted by Crippen LogP contribution is -2.29. The Labute approximate surface area is 187 Å². The lowest BCUT2D eigenvalue weighted by Gasteiger charge is -2.25. The van der Waals surface area contributed by atoms with Gasteiger partial charge >= 0.3 is 0 Å². The molecule has 5 rings (SSSR count). The van der Waals surface area contributed by atoms with Crippen LogP contribution in [0.25, 0.3) is 11.0 Å². The molecule has 0 spiro atoms. The third-order valence-electron chi connectivity index (χ3n) is 5.40. The molecule has 32 heavy (non-hydrogen) atoms. The molecule has 1 amide bonds. The van der Waals surface area contributed by atoms with Crippen LogP contribution in [0.2, 0.25) is 5.02 Å². The number of anilines is 1. The van der Waals surface area contributed by atoms with Gasteiger partial charge in [0, 0.05) is 10.7 Å². The smallest absolute Gasteiger partial charge is 0.295 e. The number of benzene rings is 3. The van der Waals surface area contributed by atoms with E-state index in [9.17, 15) is 14.0 Å². The summed E-state index contributed by atoms with van der Waals surface area (Å²) in [5, 5.41) is 0.523. The Kier molecular flexibility index (Phi) is 4.94. The number of nitrogens with zero attached hydrogens (tertiary/aromatic N) is 1. The van der Waals surface area contributed by atoms with E-state index in [2.05, 4.69) is 0 Å². The Balaban J connectivity index is 1.80. The highest BCUT2D eigenvalue weighted by Gasteiger charge is 2.43. The number of ether oxygens (including phenoxy) is 1. The Morgan fingerprint density at radius 3 is 2.66 bits per heavy atom. The van der Waals surface area contributed by atoms with Gasteiger partial charge in [0.25, 0.3) is 5.91 Å². The molecule has 3 aromatic carbocycles. The van der Waals surface area contributed by atoms with Gasteiger partial charge in [0.2, 0.25) is 5.76 Å². The molecule has 2 heterocycles. The molecule has 1 unspecified atom stereocenters. The van der Waals surface area contributed by atoms with Crippen LogP contribution in [0.15, 0.2) is 75.9 Å². The van der Waals surface area contributed by atoms with Crippen molar-refractivity contribution in [1.82, 2.24) is 0 Å². The molecule has 1 aliphatic heterocycles. The first-order valence-corrected chi connectivity index (χ1v) is 10.4. The summed E-state index contributed by atoms with van der Waals surface area (Å²) in [7, 11) is 0. The first-order chi connectivity index (χ1) is 15.5. The van der Waals surface area contributed by atoms with Crippen LogP contribution in [0.4, 0.5) is 10.1 Å². The molecule has 0 saturated heterocycles. The molecule has 1 aliphatic rings. The quantitative estimate of drug-likeness (QED) is 0.399. The summed E-state index contributed by atoms with van der Waals surface area (Å²) in [4.78, 5) is 28.5. The molecule has 4 aromatic rings. The molecule has 7 heteroatoms. The van der Waals surface area contributed by atoms with Crippen LogP contribution in [0.5, 0.6) is 5.75 Å². The topological polar surface area (TPSA) is 59.8 Å². The van der Waals surface area contributed by atoms with E-state index in [1.54, 1.807) is 42.5 Å². The van der Waals surface area contributed by atoms with Gasteiger partial charge in [-0.1, -0.05) is 29.8 Å². The predicted octanol–water partition coefficient (Wildman–Crippen LogP) is 5.73. The van der Waals surface area contributed by atoms with Gasteiger partial charge < -0.3 is 9.15 Å². The van der Waals surface area contributed by atoms with E-state index in [0.29, 0.717) is 28.6 Å². The maximum Gasteiger partial charge on any atom is 0.295 e. The number of rotatable bonds is 4. The summed E-state index contributed by atoms with van der Waals surface area (Å²) < 4.78 is 25.4. The van der Waals surface area contributed by atoms with Gasteiger partial charge in [-0.25, -0.2) is 4.39 Å². The third-order valence-corrected chi connectivity index (χ3v) is 5.64. The van der Waals surface area contributed by atoms with Crippen molar-refractivity contribution < 1.29 is 18.3 Å². The molecular weight excluding hydrogens is 433 g/mol. The van der Waals surface area contributed by atoms with Crippen molar-refractivity contribution in [2.24, 2.45) is 0 Å². The van der Waals surface area contributed by atoms with E-state index in [1.165, 1.54) is 17.0 Å². The molecular formula is C25H17ClFNO4. The van der Waals surface area contributed by atoms with E-state index in [0.717, 1.165) is 6.07 Å². The van der Waals surface area contributed by atoms with Crippen molar-refractivity contribution in [3.8, 4) is 5.75 Å². The summed E-state index contributed by atoms with van der Waals surface area (Å²) in [6.45, 7) is 2.34. The second-order valence-corrected chi connectivity index (χ2v) is 7.81. The first kappa shape index (κ1) is 20.3. The van der Waals surface area contributed by atoms with Crippen LogP contribution in [0.3, 0.4) is 0 Å². The SMILES string of the molecule is CCOc1cccc(C2c3c(oc4ccc(F)cc4c3=O)C(=O)N2c2cccc(Cl)c2)c1. The molecule has 1 atom stereocenters. The zero-order valence-corrected chi connectivity index (χ0v) is 17.7. The summed E-state index contributed by atoms with van der Waals surface area (Å²) in [5.74, 6) is -0.498. The van der Waals surface area contributed by atoms with E-state index in [4.69, 9.17) is 20.8 Å². The van der Waals surface area contributed by atoms with Crippen molar-refractivity contribution in [2.75, 3.05) is 11.5 Å². The molecule has 0 saturated carbocycles. The highest BCUT2D eigenvalue weighted by Crippen LogP contribution is 2.42. The van der Waals surface area contributed by atoms with Gasteiger partial charge in [0.1, 0.15) is 17.1 Å². The van der Waals surface area contributed by atoms with Crippen LogP contribution in [0, 0.1) is 5.82 Å². The Morgan fingerprint density at radius 1 is 1.06 bits per heavy atom. The van der Waals surface area contributed by atoms with Crippen LogP contribution in [-0.4, -0.2) is 12.5 Å². The number of hydrogen-bond donors (Lipinski definition) is 0. The average molecular weight is 450 g/mol. The normalized spacial score (nSPS) is 15.3. The maximum absolute atomic E-state index is 13.9. The number of carbonyl (C=O) groups is 1. The van der Waals surface area contributed by atoms with Crippen LogP contribution < -0.4 is 15.1 Å². The summed E-state index contributed by atoms with van der Waals surface area (Å²) in [5.41, 5.74) is 1.02. The van der Waals surface area contributed by atoms with Crippen molar-refractivity contribution >= 4 is 34.2 Å². The van der Waals surface area contributed by atoms with E-state index >= 15 is 0 Å². The fraction of sp³-hybridized carbons (Fsp3) is 0.120. The zero-order chi connectivity index (χ0) is 22.4. The first-order valence-electron chi connectivity index (χ1n) is 10.1. The number of carbonyl (C=O) groups excluding carboxylic acids is 1. The lowest BCUT2D eigenvalue weighted by atomic mass is 9.98. The fourth-order valence-electron chi connectivity index (χ4n) is 4.09. The molecule has 0 fully saturated rings. The van der Waals surface area contributed by atoms with Gasteiger partial charge in [-0.15, -0.1) is 0 Å². The third kappa shape index (κ3) is 3.24. The Hall–Kier alpha value is -3.64. The standard InChI is InChI=1S/C25H17ClFNO4/c1-2-31-18-8-3-5-14(11-18)22-21-23(29)19-13-16(27)9-10-20(19)32-24(21)25(30)28(22)17-7-4-6-15(26)12-17/h3-13,22H,2H2,1H3. The number of hydrogen-bond acceptors (Lipinski definition) is 4. The van der Waals surface area contributed by atoms with Crippen LogP contribution in [0.1, 0.15) is 34.6 Å². The molecule has 0 radical (unpaired) electrons. The monoisotopic (exact) mass is 449 g/mol. The summed E-state index contributed by atoms with van der Waals surface area (Å²) in [6, 6.07) is 16.9. The molecule has 5 nitrogen and oxygen atoms in total. The molecule has 0 bridgehead atoms. The lowest BCUT2D eigenvalue weighted by molar-refractivity contribution is 0.0971. The second-order valence-electron chi connectivity index (χ2n) is 7.38. The maximum atomic E-state index is 13.9. The van der Waals surface area contributed by atoms with Gasteiger partial charge in [-0.05, 0) is 61.0 Å². The largest absolute Gasteiger partial charge is 0.494 e. The summed E-state index contributed by atoms with van der Waals surface area (Å²) >= 11 is 6.19. The number of amides is 1. The molecule has 0 aliphatic carbocycles. The van der Waals surface area contributed by atoms with Gasteiger partial charge in [0.05, 0.1) is 23.6 Å². The van der Waals surface area contributed by atoms with Crippen molar-refractivity contribution in [1.29, 1.82) is 0 Å². The van der Waals surface area contributed by atoms with Crippen LogP contribution >= 0.6 is 11.6 Å². The summed E-state index contributed by atoms with van der Waals surface area (Å²) in [6.07, 6.45) is 0. The minimum Gasteiger partial charge on any atom is -0.494 e. The highest BCUT2D eigenvalue weighted by molar-refractivity contribution is 6.31.